The molecule has 4 aromatic rings. The van der Waals surface area contributed by atoms with Crippen LogP contribution in [0.3, 0.4) is 0 Å². The van der Waals surface area contributed by atoms with Crippen LogP contribution in [0.15, 0.2) is 84.9 Å². The monoisotopic (exact) mass is 455 g/mol. The molecule has 0 aliphatic heterocycles. The molecule has 0 spiro atoms. The summed E-state index contributed by atoms with van der Waals surface area (Å²) < 4.78 is 1.84. The third kappa shape index (κ3) is 5.57. The van der Waals surface area contributed by atoms with Crippen LogP contribution in [0.1, 0.15) is 23.3 Å². The summed E-state index contributed by atoms with van der Waals surface area (Å²) in [6, 6.07) is 24.3. The number of rotatable bonds is 6. The van der Waals surface area contributed by atoms with Gasteiger partial charge >= 0.3 is 12.1 Å². The second-order valence-corrected chi connectivity index (χ2v) is 7.63. The number of para-hydroxylation sites is 1. The molecule has 172 valence electrons. The molecule has 0 saturated carbocycles. The van der Waals surface area contributed by atoms with Gasteiger partial charge in [-0.1, -0.05) is 54.6 Å². The van der Waals surface area contributed by atoms with Gasteiger partial charge in [0.2, 0.25) is 0 Å². The second-order valence-electron chi connectivity index (χ2n) is 7.63. The van der Waals surface area contributed by atoms with Crippen LogP contribution in [0.4, 0.5) is 26.7 Å². The van der Waals surface area contributed by atoms with Gasteiger partial charge in [-0.2, -0.15) is 0 Å². The van der Waals surface area contributed by atoms with Crippen LogP contribution < -0.4 is 21.3 Å². The molecular formula is C25H25N7O2. The largest absolute Gasteiger partial charge is 0.324 e. The van der Waals surface area contributed by atoms with E-state index in [-0.39, 0.29) is 6.03 Å². The van der Waals surface area contributed by atoms with Gasteiger partial charge in [0.25, 0.3) is 0 Å². The predicted octanol–water partition coefficient (Wildman–Crippen LogP) is 4.68. The van der Waals surface area contributed by atoms with E-state index in [4.69, 9.17) is 0 Å². The fourth-order valence-corrected chi connectivity index (χ4v) is 3.41. The van der Waals surface area contributed by atoms with Crippen molar-refractivity contribution < 1.29 is 9.59 Å². The van der Waals surface area contributed by atoms with Crippen molar-refractivity contribution in [2.75, 3.05) is 16.0 Å². The van der Waals surface area contributed by atoms with Gasteiger partial charge < -0.3 is 25.8 Å². The summed E-state index contributed by atoms with van der Waals surface area (Å²) in [7, 11) is 1.86. The van der Waals surface area contributed by atoms with Crippen molar-refractivity contribution in [3.05, 3.63) is 102 Å². The van der Waals surface area contributed by atoms with Gasteiger partial charge in [0.1, 0.15) is 11.9 Å². The molecule has 0 fully saturated rings. The zero-order valence-electron chi connectivity index (χ0n) is 18.8. The number of benzene rings is 3. The summed E-state index contributed by atoms with van der Waals surface area (Å²) in [4.78, 5) is 25.2. The van der Waals surface area contributed by atoms with Crippen molar-refractivity contribution in [3.8, 4) is 0 Å². The lowest BCUT2D eigenvalue weighted by atomic mass is 10.1. The Bertz CT molecular complexity index is 1270. The molecule has 4 amide bonds. The summed E-state index contributed by atoms with van der Waals surface area (Å²) in [6.45, 7) is 1.85. The molecule has 0 saturated heterocycles. The molecule has 0 bridgehead atoms. The molecule has 1 heterocycles. The zero-order chi connectivity index (χ0) is 23.9. The van der Waals surface area contributed by atoms with Gasteiger partial charge in [-0.3, -0.25) is 0 Å². The fraction of sp³-hybridized carbons (Fsp3) is 0.120. The Labute approximate surface area is 197 Å². The van der Waals surface area contributed by atoms with Crippen LogP contribution in [0.25, 0.3) is 0 Å². The van der Waals surface area contributed by atoms with E-state index in [0.29, 0.717) is 22.9 Å². The van der Waals surface area contributed by atoms with Gasteiger partial charge in [-0.05, 0) is 42.8 Å². The highest BCUT2D eigenvalue weighted by atomic mass is 16.2. The van der Waals surface area contributed by atoms with Crippen LogP contribution in [0.5, 0.6) is 0 Å². The van der Waals surface area contributed by atoms with Crippen LogP contribution in [-0.2, 0) is 7.05 Å². The molecule has 0 aliphatic rings. The SMILES string of the molecule is Cc1nnc(C(NC(=O)Nc2cccc(NC(=O)Nc3ccccc3)c2)c2ccccc2)n1C. The average Bonchev–Trinajstić information content (AvgIpc) is 3.17. The summed E-state index contributed by atoms with van der Waals surface area (Å²) in [5, 5.41) is 19.7. The number of urea groups is 2. The average molecular weight is 456 g/mol. The van der Waals surface area contributed by atoms with E-state index < -0.39 is 12.1 Å². The lowest BCUT2D eigenvalue weighted by Gasteiger charge is -2.19. The van der Waals surface area contributed by atoms with Crippen LogP contribution in [0, 0.1) is 6.92 Å². The minimum absolute atomic E-state index is 0.380. The normalized spacial score (nSPS) is 11.4. The smallest absolute Gasteiger partial charge is 0.323 e. The highest BCUT2D eigenvalue weighted by Crippen LogP contribution is 2.21. The maximum absolute atomic E-state index is 12.9. The van der Waals surface area contributed by atoms with Crippen LogP contribution >= 0.6 is 0 Å². The Morgan fingerprint density at radius 1 is 0.735 bits per heavy atom. The number of amides is 4. The lowest BCUT2D eigenvalue weighted by Crippen LogP contribution is -2.34. The summed E-state index contributed by atoms with van der Waals surface area (Å²) in [6.07, 6.45) is 0. The molecule has 9 nitrogen and oxygen atoms in total. The quantitative estimate of drug-likeness (QED) is 0.338. The molecule has 4 rings (SSSR count). The summed E-state index contributed by atoms with van der Waals surface area (Å²) in [5.74, 6) is 1.36. The fourth-order valence-electron chi connectivity index (χ4n) is 3.41. The number of carbonyl (C=O) groups excluding carboxylic acids is 2. The molecule has 1 unspecified atom stereocenters. The number of aromatic nitrogens is 3. The molecule has 34 heavy (non-hydrogen) atoms. The van der Waals surface area contributed by atoms with Crippen molar-refractivity contribution in [1.82, 2.24) is 20.1 Å². The van der Waals surface area contributed by atoms with E-state index in [2.05, 4.69) is 31.5 Å². The summed E-state index contributed by atoms with van der Waals surface area (Å²) >= 11 is 0. The standard InChI is InChI=1S/C25H25N7O2/c1-17-30-31-23(32(17)2)22(18-10-5-3-6-11-18)29-25(34)28-21-15-9-14-20(16-21)27-24(33)26-19-12-7-4-8-13-19/h3-16,22H,1-2H3,(H2,26,27,33)(H2,28,29,34). The maximum atomic E-state index is 12.9. The van der Waals surface area contributed by atoms with Crippen LogP contribution in [-0.4, -0.2) is 26.8 Å². The highest BCUT2D eigenvalue weighted by molar-refractivity contribution is 6.00. The van der Waals surface area contributed by atoms with Gasteiger partial charge in [0.05, 0.1) is 0 Å². The lowest BCUT2D eigenvalue weighted by molar-refractivity contribution is 0.249. The van der Waals surface area contributed by atoms with Crippen molar-refractivity contribution in [3.63, 3.8) is 0 Å². The molecule has 9 heteroatoms. The number of anilines is 3. The molecule has 0 aliphatic carbocycles. The van der Waals surface area contributed by atoms with E-state index in [1.54, 1.807) is 36.4 Å². The van der Waals surface area contributed by atoms with Crippen molar-refractivity contribution in [1.29, 1.82) is 0 Å². The van der Waals surface area contributed by atoms with E-state index in [1.165, 1.54) is 0 Å². The first-order valence-electron chi connectivity index (χ1n) is 10.7. The zero-order valence-corrected chi connectivity index (χ0v) is 18.8. The third-order valence-electron chi connectivity index (χ3n) is 5.20. The third-order valence-corrected chi connectivity index (χ3v) is 5.20. The van der Waals surface area contributed by atoms with Crippen molar-refractivity contribution in [2.24, 2.45) is 7.05 Å². The molecule has 0 radical (unpaired) electrons. The second kappa shape index (κ2) is 10.3. The number of hydrogen-bond donors (Lipinski definition) is 4. The summed E-state index contributed by atoms with van der Waals surface area (Å²) in [5.41, 5.74) is 2.62. The highest BCUT2D eigenvalue weighted by Gasteiger charge is 2.22. The molecule has 4 N–H and O–H groups in total. The number of nitrogens with zero attached hydrogens (tertiary/aromatic N) is 3. The van der Waals surface area contributed by atoms with E-state index in [0.717, 1.165) is 11.4 Å². The van der Waals surface area contributed by atoms with Gasteiger partial charge in [0, 0.05) is 24.1 Å². The molecule has 1 atom stereocenters. The first-order chi connectivity index (χ1) is 16.5. The molecule has 3 aromatic carbocycles. The molecular weight excluding hydrogens is 430 g/mol. The van der Waals surface area contributed by atoms with Crippen LogP contribution in [0.2, 0.25) is 0 Å². The first kappa shape index (κ1) is 22.5. The van der Waals surface area contributed by atoms with Gasteiger partial charge in [0.15, 0.2) is 5.82 Å². The number of hydrogen-bond acceptors (Lipinski definition) is 4. The van der Waals surface area contributed by atoms with E-state index >= 15 is 0 Å². The Kier molecular flexibility index (Phi) is 6.83. The number of carbonyl (C=O) groups is 2. The number of nitrogens with one attached hydrogen (secondary N) is 4. The Hall–Kier alpha value is -4.66. The Balaban J connectivity index is 1.44. The van der Waals surface area contributed by atoms with E-state index in [9.17, 15) is 9.59 Å². The van der Waals surface area contributed by atoms with Crippen molar-refractivity contribution >= 4 is 29.1 Å². The molecule has 1 aromatic heterocycles. The maximum Gasteiger partial charge on any atom is 0.323 e. The van der Waals surface area contributed by atoms with E-state index in [1.807, 2.05) is 67.1 Å². The van der Waals surface area contributed by atoms with Gasteiger partial charge in [-0.25, -0.2) is 9.59 Å². The first-order valence-corrected chi connectivity index (χ1v) is 10.7. The topological polar surface area (TPSA) is 113 Å². The Morgan fingerprint density at radius 2 is 1.29 bits per heavy atom. The van der Waals surface area contributed by atoms with Crippen molar-refractivity contribution in [2.45, 2.75) is 13.0 Å². The predicted molar refractivity (Wildman–Crippen MR) is 132 cm³/mol. The van der Waals surface area contributed by atoms with Gasteiger partial charge in [-0.15, -0.1) is 10.2 Å². The minimum atomic E-state index is -0.495. The number of aryl methyl sites for hydroxylation is 1. The Morgan fingerprint density at radius 3 is 1.91 bits per heavy atom. The minimum Gasteiger partial charge on any atom is -0.324 e.